The molecular weight excluding hydrogens is 486 g/mol. The van der Waals surface area contributed by atoms with Gasteiger partial charge in [-0.3, -0.25) is 4.79 Å². The van der Waals surface area contributed by atoms with Crippen LogP contribution < -0.4 is 14.8 Å². The zero-order valence-electron chi connectivity index (χ0n) is 22.8. The number of anilines is 1. The number of furan rings is 1. The molecule has 9 heteroatoms. The summed E-state index contributed by atoms with van der Waals surface area (Å²) in [5.74, 6) is 2.52. The van der Waals surface area contributed by atoms with Crippen LogP contribution in [0.3, 0.4) is 0 Å². The Balaban J connectivity index is 1.76. The SMILES string of the molecule is COCCN(CC(=O)N(CCc1ccc(OC)c(OC)c1)Cc1ccc(C)o1)C(=O)Nc1ccccc1C. The van der Waals surface area contributed by atoms with Crippen molar-refractivity contribution < 1.29 is 28.2 Å². The van der Waals surface area contributed by atoms with Gasteiger partial charge in [-0.15, -0.1) is 0 Å². The summed E-state index contributed by atoms with van der Waals surface area (Å²) in [5, 5.41) is 2.91. The van der Waals surface area contributed by atoms with E-state index in [2.05, 4.69) is 5.32 Å². The first kappa shape index (κ1) is 28.6. The minimum Gasteiger partial charge on any atom is -0.493 e. The van der Waals surface area contributed by atoms with Gasteiger partial charge in [-0.1, -0.05) is 24.3 Å². The Labute approximate surface area is 224 Å². The summed E-state index contributed by atoms with van der Waals surface area (Å²) in [6.07, 6.45) is 0.583. The first-order valence-corrected chi connectivity index (χ1v) is 12.5. The van der Waals surface area contributed by atoms with Gasteiger partial charge in [0, 0.05) is 25.9 Å². The Morgan fingerprint density at radius 3 is 2.32 bits per heavy atom. The van der Waals surface area contributed by atoms with Crippen molar-refractivity contribution in [2.75, 3.05) is 52.9 Å². The molecule has 0 saturated carbocycles. The Kier molecular flexibility index (Phi) is 10.6. The van der Waals surface area contributed by atoms with Crippen molar-refractivity contribution in [1.29, 1.82) is 0 Å². The number of urea groups is 1. The molecule has 0 spiro atoms. The van der Waals surface area contributed by atoms with E-state index in [9.17, 15) is 9.59 Å². The van der Waals surface area contributed by atoms with Crippen molar-refractivity contribution in [1.82, 2.24) is 9.80 Å². The highest BCUT2D eigenvalue weighted by molar-refractivity contribution is 5.93. The Morgan fingerprint density at radius 1 is 0.895 bits per heavy atom. The van der Waals surface area contributed by atoms with E-state index >= 15 is 0 Å². The molecule has 0 aliphatic carbocycles. The van der Waals surface area contributed by atoms with E-state index in [0.717, 1.165) is 16.9 Å². The van der Waals surface area contributed by atoms with E-state index in [0.29, 0.717) is 42.5 Å². The van der Waals surface area contributed by atoms with E-state index in [1.54, 1.807) is 26.2 Å². The van der Waals surface area contributed by atoms with Gasteiger partial charge in [0.05, 0.1) is 27.4 Å². The first-order chi connectivity index (χ1) is 18.3. The number of nitrogens with one attached hydrogen (secondary N) is 1. The van der Waals surface area contributed by atoms with Crippen LogP contribution in [0.5, 0.6) is 11.5 Å². The predicted molar refractivity (Wildman–Crippen MR) is 146 cm³/mol. The molecule has 1 N–H and O–H groups in total. The van der Waals surface area contributed by atoms with Crippen LogP contribution in [0.1, 0.15) is 22.6 Å². The van der Waals surface area contributed by atoms with Gasteiger partial charge in [0.15, 0.2) is 11.5 Å². The fraction of sp³-hybridized carbons (Fsp3) is 0.379. The van der Waals surface area contributed by atoms with Crippen LogP contribution in [-0.2, 0) is 22.5 Å². The van der Waals surface area contributed by atoms with E-state index in [1.165, 1.54) is 4.90 Å². The molecular formula is C29H37N3O6. The standard InChI is InChI=1S/C29H37N3O6/c1-21-8-6-7-9-25(21)30-29(34)32(16-17-35-3)20-28(33)31(19-24-12-10-22(2)38-24)15-14-23-11-13-26(36-4)27(18-23)37-5/h6-13,18H,14-17,19-20H2,1-5H3,(H,30,34). The molecule has 0 fully saturated rings. The monoisotopic (exact) mass is 523 g/mol. The number of methoxy groups -OCH3 is 3. The summed E-state index contributed by atoms with van der Waals surface area (Å²) in [6.45, 7) is 4.96. The number of hydrogen-bond donors (Lipinski definition) is 1. The number of rotatable bonds is 13. The van der Waals surface area contributed by atoms with Gasteiger partial charge in [-0.25, -0.2) is 4.79 Å². The van der Waals surface area contributed by atoms with Gasteiger partial charge in [-0.2, -0.15) is 0 Å². The van der Waals surface area contributed by atoms with Crippen LogP contribution >= 0.6 is 0 Å². The van der Waals surface area contributed by atoms with Gasteiger partial charge in [0.2, 0.25) is 5.91 Å². The number of para-hydroxylation sites is 1. The molecule has 2 aromatic carbocycles. The second-order valence-electron chi connectivity index (χ2n) is 8.93. The summed E-state index contributed by atoms with van der Waals surface area (Å²) in [7, 11) is 4.75. The molecule has 0 unspecified atom stereocenters. The average molecular weight is 524 g/mol. The maximum absolute atomic E-state index is 13.6. The van der Waals surface area contributed by atoms with Crippen LogP contribution in [0.25, 0.3) is 0 Å². The summed E-state index contributed by atoms with van der Waals surface area (Å²) in [4.78, 5) is 29.9. The van der Waals surface area contributed by atoms with Crippen molar-refractivity contribution in [3.8, 4) is 11.5 Å². The zero-order valence-corrected chi connectivity index (χ0v) is 22.8. The van der Waals surface area contributed by atoms with Gasteiger partial charge >= 0.3 is 6.03 Å². The first-order valence-electron chi connectivity index (χ1n) is 12.5. The number of carbonyl (C=O) groups is 2. The van der Waals surface area contributed by atoms with Crippen molar-refractivity contribution in [3.63, 3.8) is 0 Å². The van der Waals surface area contributed by atoms with Gasteiger partial charge in [-0.05, 0) is 61.7 Å². The van der Waals surface area contributed by atoms with Crippen LogP contribution in [0, 0.1) is 13.8 Å². The second-order valence-corrected chi connectivity index (χ2v) is 8.93. The summed E-state index contributed by atoms with van der Waals surface area (Å²) in [5.41, 5.74) is 2.62. The quantitative estimate of drug-likeness (QED) is 0.350. The van der Waals surface area contributed by atoms with E-state index in [1.807, 2.05) is 68.4 Å². The van der Waals surface area contributed by atoms with Crippen LogP contribution in [0.2, 0.25) is 0 Å². The highest BCUT2D eigenvalue weighted by Crippen LogP contribution is 2.28. The number of hydrogen-bond acceptors (Lipinski definition) is 6. The summed E-state index contributed by atoms with van der Waals surface area (Å²) >= 11 is 0. The molecule has 3 aromatic rings. The predicted octanol–water partition coefficient (Wildman–Crippen LogP) is 4.67. The number of carbonyl (C=O) groups excluding carboxylic acids is 2. The van der Waals surface area contributed by atoms with Crippen LogP contribution in [-0.4, -0.2) is 69.3 Å². The fourth-order valence-corrected chi connectivity index (χ4v) is 3.97. The number of ether oxygens (including phenoxy) is 3. The average Bonchev–Trinajstić information content (AvgIpc) is 3.34. The van der Waals surface area contributed by atoms with Gasteiger partial charge in [0.1, 0.15) is 18.1 Å². The third-order valence-corrected chi connectivity index (χ3v) is 6.18. The zero-order chi connectivity index (χ0) is 27.5. The lowest BCUT2D eigenvalue weighted by molar-refractivity contribution is -0.132. The lowest BCUT2D eigenvalue weighted by Crippen LogP contribution is -2.46. The molecule has 0 aliphatic heterocycles. The Bertz CT molecular complexity index is 1210. The number of aryl methyl sites for hydroxylation is 2. The molecule has 3 rings (SSSR count). The van der Waals surface area contributed by atoms with E-state index in [-0.39, 0.29) is 31.6 Å². The Morgan fingerprint density at radius 2 is 1.66 bits per heavy atom. The van der Waals surface area contributed by atoms with Crippen molar-refractivity contribution in [2.24, 2.45) is 0 Å². The molecule has 1 aromatic heterocycles. The highest BCUT2D eigenvalue weighted by atomic mass is 16.5. The van der Waals surface area contributed by atoms with Crippen molar-refractivity contribution in [3.05, 3.63) is 77.2 Å². The number of nitrogens with zero attached hydrogens (tertiary/aromatic N) is 2. The molecule has 204 valence electrons. The smallest absolute Gasteiger partial charge is 0.322 e. The van der Waals surface area contributed by atoms with Gasteiger partial charge < -0.3 is 33.7 Å². The molecule has 3 amide bonds. The molecule has 9 nitrogen and oxygen atoms in total. The third-order valence-electron chi connectivity index (χ3n) is 6.18. The van der Waals surface area contributed by atoms with Crippen molar-refractivity contribution >= 4 is 17.6 Å². The van der Waals surface area contributed by atoms with E-state index < -0.39 is 0 Å². The molecule has 0 saturated heterocycles. The summed E-state index contributed by atoms with van der Waals surface area (Å²) in [6, 6.07) is 16.6. The molecule has 0 aliphatic rings. The largest absolute Gasteiger partial charge is 0.493 e. The van der Waals surface area contributed by atoms with Crippen LogP contribution in [0.4, 0.5) is 10.5 Å². The topological polar surface area (TPSA) is 93.5 Å². The lowest BCUT2D eigenvalue weighted by atomic mass is 10.1. The lowest BCUT2D eigenvalue weighted by Gasteiger charge is -2.27. The number of benzene rings is 2. The minimum atomic E-state index is -0.363. The molecule has 0 radical (unpaired) electrons. The van der Waals surface area contributed by atoms with Crippen molar-refractivity contribution in [2.45, 2.75) is 26.8 Å². The minimum absolute atomic E-state index is 0.104. The molecule has 1 heterocycles. The van der Waals surface area contributed by atoms with E-state index in [4.69, 9.17) is 18.6 Å². The number of amides is 3. The van der Waals surface area contributed by atoms with Crippen LogP contribution in [0.15, 0.2) is 59.0 Å². The second kappa shape index (κ2) is 14.1. The maximum Gasteiger partial charge on any atom is 0.322 e. The highest BCUT2D eigenvalue weighted by Gasteiger charge is 2.23. The Hall–Kier alpha value is -3.98. The maximum atomic E-state index is 13.6. The molecule has 0 atom stereocenters. The normalized spacial score (nSPS) is 10.7. The van der Waals surface area contributed by atoms with Gasteiger partial charge in [0.25, 0.3) is 0 Å². The molecule has 38 heavy (non-hydrogen) atoms. The fourth-order valence-electron chi connectivity index (χ4n) is 3.97. The third kappa shape index (κ3) is 8.01. The summed E-state index contributed by atoms with van der Waals surface area (Å²) < 4.78 is 21.7. The molecule has 0 bridgehead atoms.